The van der Waals surface area contributed by atoms with Crippen molar-refractivity contribution in [3.63, 3.8) is 0 Å². The average molecular weight is 104 g/mol. The van der Waals surface area contributed by atoms with Crippen LogP contribution in [0.4, 0.5) is 0 Å². The van der Waals surface area contributed by atoms with Crippen LogP contribution in [-0.2, 0) is 0 Å². The zero-order valence-corrected chi connectivity index (χ0v) is 4.59. The maximum absolute atomic E-state index is 8.34. The van der Waals surface area contributed by atoms with Crippen LogP contribution in [0.2, 0.25) is 0 Å². The summed E-state index contributed by atoms with van der Waals surface area (Å²) in [4.78, 5) is 1.74. The van der Waals surface area contributed by atoms with Gasteiger partial charge in [-0.15, -0.1) is 0 Å². The van der Waals surface area contributed by atoms with E-state index in [0.29, 0.717) is 6.54 Å². The van der Waals surface area contributed by atoms with Crippen molar-refractivity contribution >= 4 is 0 Å². The minimum absolute atomic E-state index is 0.0944. The van der Waals surface area contributed by atoms with Gasteiger partial charge in [-0.1, -0.05) is 0 Å². The van der Waals surface area contributed by atoms with Gasteiger partial charge in [-0.25, -0.2) is 0 Å². The lowest BCUT2D eigenvalue weighted by Crippen LogP contribution is -2.25. The molecule has 3 heteroatoms. The largest absolute Gasteiger partial charge is 0.381 e. The third kappa shape index (κ3) is 3.72. The Hall–Kier alpha value is -0.120. The molecule has 0 aromatic rings. The van der Waals surface area contributed by atoms with Crippen LogP contribution in [0.1, 0.15) is 0 Å². The molecule has 0 atom stereocenters. The van der Waals surface area contributed by atoms with Gasteiger partial charge in [0.2, 0.25) is 0 Å². The molecule has 0 aromatic carbocycles. The van der Waals surface area contributed by atoms with Crippen molar-refractivity contribution in [3.05, 3.63) is 0 Å². The summed E-state index contributed by atoms with van der Waals surface area (Å²) in [7, 11) is 1.81. The summed E-state index contributed by atoms with van der Waals surface area (Å²) in [6, 6.07) is 0. The van der Waals surface area contributed by atoms with Crippen molar-refractivity contribution in [3.8, 4) is 0 Å². The molecule has 0 aromatic heterocycles. The summed E-state index contributed by atoms with van der Waals surface area (Å²) in [5.41, 5.74) is 5.15. The monoisotopic (exact) mass is 104 g/mol. The first-order valence-electron chi connectivity index (χ1n) is 2.30. The number of aliphatic hydroxyl groups is 1. The van der Waals surface area contributed by atoms with E-state index in [9.17, 15) is 0 Å². The predicted molar refractivity (Wildman–Crippen MR) is 28.8 cm³/mol. The molecule has 0 saturated carbocycles. The number of hydrogen-bond acceptors (Lipinski definition) is 3. The lowest BCUT2D eigenvalue weighted by atomic mass is 10.6. The summed E-state index contributed by atoms with van der Waals surface area (Å²) in [6.45, 7) is 1.46. The van der Waals surface area contributed by atoms with Crippen molar-refractivity contribution in [1.29, 1.82) is 0 Å². The molecule has 0 fully saturated rings. The van der Waals surface area contributed by atoms with Crippen molar-refractivity contribution in [1.82, 2.24) is 4.90 Å². The molecule has 0 heterocycles. The zero-order chi connectivity index (χ0) is 5.70. The van der Waals surface area contributed by atoms with Gasteiger partial charge in [0.25, 0.3) is 0 Å². The van der Waals surface area contributed by atoms with E-state index in [0.717, 1.165) is 6.54 Å². The molecule has 0 rings (SSSR count). The Bertz CT molecular complexity index is 40.7. The van der Waals surface area contributed by atoms with Gasteiger partial charge >= 0.3 is 0 Å². The Morgan fingerprint density at radius 3 is 2.43 bits per heavy atom. The molecule has 0 aliphatic carbocycles. The van der Waals surface area contributed by atoms with E-state index < -0.39 is 0 Å². The standard InChI is InChI=1S/C4H12N2O/c1-6(4-7)3-2-5/h7H,2-5H2,1H3. The number of likely N-dealkylation sites (N-methyl/N-ethyl adjacent to an activating group) is 1. The first-order valence-corrected chi connectivity index (χ1v) is 2.30. The van der Waals surface area contributed by atoms with Crippen LogP contribution in [-0.4, -0.2) is 36.9 Å². The average Bonchev–Trinajstić information content (AvgIpc) is 1.68. The fraction of sp³-hybridized carbons (Fsp3) is 1.00. The Morgan fingerprint density at radius 1 is 1.71 bits per heavy atom. The van der Waals surface area contributed by atoms with E-state index >= 15 is 0 Å². The Morgan fingerprint density at radius 2 is 2.29 bits per heavy atom. The Kier molecular flexibility index (Phi) is 3.98. The summed E-state index contributed by atoms with van der Waals surface area (Å²) in [6.07, 6.45) is 0. The minimum Gasteiger partial charge on any atom is -0.381 e. The molecule has 0 saturated heterocycles. The molecule has 7 heavy (non-hydrogen) atoms. The van der Waals surface area contributed by atoms with Crippen molar-refractivity contribution in [2.75, 3.05) is 26.9 Å². The normalized spacial score (nSPS) is 10.3. The highest BCUT2D eigenvalue weighted by Gasteiger charge is 1.87. The van der Waals surface area contributed by atoms with Gasteiger partial charge in [-0.05, 0) is 7.05 Å². The highest BCUT2D eigenvalue weighted by molar-refractivity contribution is 4.41. The zero-order valence-electron chi connectivity index (χ0n) is 4.59. The van der Waals surface area contributed by atoms with Gasteiger partial charge in [0.1, 0.15) is 0 Å². The van der Waals surface area contributed by atoms with Gasteiger partial charge in [-0.2, -0.15) is 0 Å². The van der Waals surface area contributed by atoms with Crippen LogP contribution in [0.3, 0.4) is 0 Å². The smallest absolute Gasteiger partial charge is 0.0954 e. The quantitative estimate of drug-likeness (QED) is 0.443. The van der Waals surface area contributed by atoms with E-state index in [1.807, 2.05) is 7.05 Å². The second kappa shape index (κ2) is 4.05. The van der Waals surface area contributed by atoms with Crippen molar-refractivity contribution in [2.45, 2.75) is 0 Å². The summed E-state index contributed by atoms with van der Waals surface area (Å²) >= 11 is 0. The maximum atomic E-state index is 8.34. The molecule has 0 unspecified atom stereocenters. The second-order valence-corrected chi connectivity index (χ2v) is 1.51. The van der Waals surface area contributed by atoms with Crippen molar-refractivity contribution < 1.29 is 5.11 Å². The topological polar surface area (TPSA) is 49.5 Å². The second-order valence-electron chi connectivity index (χ2n) is 1.51. The molecule has 0 aliphatic heterocycles. The number of hydrogen-bond donors (Lipinski definition) is 2. The molecule has 0 aliphatic rings. The molecular weight excluding hydrogens is 92.1 g/mol. The van der Waals surface area contributed by atoms with E-state index in [1.54, 1.807) is 4.90 Å². The summed E-state index contributed by atoms with van der Waals surface area (Å²) in [5, 5.41) is 8.34. The summed E-state index contributed by atoms with van der Waals surface area (Å²) < 4.78 is 0. The van der Waals surface area contributed by atoms with Crippen LogP contribution in [0, 0.1) is 0 Å². The van der Waals surface area contributed by atoms with Crippen LogP contribution >= 0.6 is 0 Å². The van der Waals surface area contributed by atoms with E-state index in [-0.39, 0.29) is 6.73 Å². The first kappa shape index (κ1) is 6.88. The lowest BCUT2D eigenvalue weighted by Gasteiger charge is -2.08. The molecule has 3 N–H and O–H groups in total. The third-order valence-corrected chi connectivity index (χ3v) is 0.752. The number of nitrogens with zero attached hydrogens (tertiary/aromatic N) is 1. The molecule has 0 bridgehead atoms. The van der Waals surface area contributed by atoms with Gasteiger partial charge in [0.15, 0.2) is 0 Å². The number of aliphatic hydroxyl groups excluding tert-OH is 1. The summed E-state index contributed by atoms with van der Waals surface area (Å²) in [5.74, 6) is 0. The van der Waals surface area contributed by atoms with Crippen LogP contribution in [0.15, 0.2) is 0 Å². The fourth-order valence-corrected chi connectivity index (χ4v) is 0.291. The third-order valence-electron chi connectivity index (χ3n) is 0.752. The molecule has 44 valence electrons. The van der Waals surface area contributed by atoms with Gasteiger partial charge in [0, 0.05) is 13.1 Å². The van der Waals surface area contributed by atoms with Crippen molar-refractivity contribution in [2.24, 2.45) is 5.73 Å². The Labute approximate surface area is 43.7 Å². The molecule has 3 nitrogen and oxygen atoms in total. The van der Waals surface area contributed by atoms with E-state index in [2.05, 4.69) is 0 Å². The van der Waals surface area contributed by atoms with E-state index in [4.69, 9.17) is 10.8 Å². The predicted octanol–water partition coefficient (Wildman–Crippen LogP) is -1.17. The van der Waals surface area contributed by atoms with E-state index in [1.165, 1.54) is 0 Å². The fourth-order valence-electron chi connectivity index (χ4n) is 0.291. The van der Waals surface area contributed by atoms with Gasteiger partial charge in [-0.3, -0.25) is 4.90 Å². The van der Waals surface area contributed by atoms with Crippen LogP contribution < -0.4 is 5.73 Å². The first-order chi connectivity index (χ1) is 3.31. The molecule has 0 amide bonds. The highest BCUT2D eigenvalue weighted by Crippen LogP contribution is 1.71. The molecule has 0 radical (unpaired) electrons. The lowest BCUT2D eigenvalue weighted by molar-refractivity contribution is 0.136. The maximum Gasteiger partial charge on any atom is 0.0954 e. The number of rotatable bonds is 3. The van der Waals surface area contributed by atoms with Gasteiger partial charge < -0.3 is 10.8 Å². The molecule has 0 spiro atoms. The van der Waals surface area contributed by atoms with Gasteiger partial charge in [0.05, 0.1) is 6.73 Å². The number of nitrogens with two attached hydrogens (primary N) is 1. The minimum atomic E-state index is 0.0944. The SMILES string of the molecule is CN(CO)CCN. The Balaban J connectivity index is 2.83. The molecular formula is C4H12N2O. The van der Waals surface area contributed by atoms with Crippen LogP contribution in [0.25, 0.3) is 0 Å². The van der Waals surface area contributed by atoms with Crippen LogP contribution in [0.5, 0.6) is 0 Å². The highest BCUT2D eigenvalue weighted by atomic mass is 16.3.